The number of pyridine rings is 1. The van der Waals surface area contributed by atoms with Crippen molar-refractivity contribution >= 4 is 23.5 Å². The molecule has 0 bridgehead atoms. The lowest BCUT2D eigenvalue weighted by Crippen LogP contribution is -2.36. The highest BCUT2D eigenvalue weighted by atomic mass is 19.4. The normalized spacial score (nSPS) is 15.0. The molecule has 3 aromatic heterocycles. The number of nitrogens with zero attached hydrogens (tertiary/aromatic N) is 5. The number of aromatic nitrogens is 4. The lowest BCUT2D eigenvalue weighted by atomic mass is 9.93. The number of fused-ring (bicyclic) bond motifs is 1. The summed E-state index contributed by atoms with van der Waals surface area (Å²) in [6, 6.07) is 6.27. The van der Waals surface area contributed by atoms with Crippen LogP contribution >= 0.6 is 0 Å². The third-order valence-corrected chi connectivity index (χ3v) is 6.66. The quantitative estimate of drug-likeness (QED) is 0.332. The summed E-state index contributed by atoms with van der Waals surface area (Å²) < 4.78 is 65.5. The van der Waals surface area contributed by atoms with Gasteiger partial charge in [-0.25, -0.2) is 19.6 Å². The Hall–Kier alpha value is -4.28. The maximum atomic E-state index is 12.7. The number of nitrogens with one attached hydrogen (secondary N) is 1. The maximum Gasteiger partial charge on any atom is 0.490 e. The van der Waals surface area contributed by atoms with Crippen molar-refractivity contribution in [3.8, 4) is 0 Å². The van der Waals surface area contributed by atoms with Crippen LogP contribution in [0.5, 0.6) is 0 Å². The lowest BCUT2D eigenvalue weighted by Gasteiger charge is -2.32. The van der Waals surface area contributed by atoms with Crippen LogP contribution in [0, 0.1) is 5.92 Å². The van der Waals surface area contributed by atoms with Gasteiger partial charge in [0.15, 0.2) is 11.3 Å². The van der Waals surface area contributed by atoms with Crippen molar-refractivity contribution in [2.24, 2.45) is 5.92 Å². The fourth-order valence-corrected chi connectivity index (χ4v) is 3.99. The minimum Gasteiger partial charge on any atom is -0.475 e. The first-order chi connectivity index (χ1) is 20.4. The summed E-state index contributed by atoms with van der Waals surface area (Å²) in [5, 5.41) is 17.3. The predicted octanol–water partition coefficient (Wildman–Crippen LogP) is 4.54. The van der Waals surface area contributed by atoms with E-state index in [0.29, 0.717) is 23.2 Å². The first-order valence-electron chi connectivity index (χ1n) is 13.3. The monoisotopic (exact) mass is 634 g/mol. The molecule has 44 heavy (non-hydrogen) atoms. The second-order valence-electron chi connectivity index (χ2n) is 10.2. The SMILES string of the molecule is CC(C)C(C)NC(=O)c1ncn2c(C3CCN(Cc4cccnc4)CC3)ccnc12.O=C(O)C(F)(F)F.O=C(O)C(F)(F)F. The zero-order valence-electron chi connectivity index (χ0n) is 23.9. The van der Waals surface area contributed by atoms with Crippen LogP contribution in [0.1, 0.15) is 61.3 Å². The third-order valence-electron chi connectivity index (χ3n) is 6.66. The summed E-state index contributed by atoms with van der Waals surface area (Å²) in [5.41, 5.74) is 3.48. The number of piperidine rings is 1. The number of carboxylic acid groups (broad SMARTS) is 2. The third kappa shape index (κ3) is 10.8. The molecule has 1 fully saturated rings. The Morgan fingerprint density at radius 1 is 0.955 bits per heavy atom. The number of rotatable bonds is 6. The van der Waals surface area contributed by atoms with Gasteiger partial charge in [0.05, 0.1) is 0 Å². The number of carboxylic acids is 2. The van der Waals surface area contributed by atoms with Crippen LogP contribution in [-0.2, 0) is 16.1 Å². The Labute approximate surface area is 247 Å². The van der Waals surface area contributed by atoms with Gasteiger partial charge in [0.25, 0.3) is 5.91 Å². The molecule has 1 unspecified atom stereocenters. The summed E-state index contributed by atoms with van der Waals surface area (Å²) >= 11 is 0. The molecule has 1 aliphatic heterocycles. The zero-order valence-corrected chi connectivity index (χ0v) is 23.9. The molecule has 0 saturated carbocycles. The van der Waals surface area contributed by atoms with Gasteiger partial charge >= 0.3 is 24.3 Å². The van der Waals surface area contributed by atoms with E-state index in [2.05, 4.69) is 51.1 Å². The van der Waals surface area contributed by atoms with Crippen molar-refractivity contribution in [1.29, 1.82) is 0 Å². The molecule has 11 nitrogen and oxygen atoms in total. The summed E-state index contributed by atoms with van der Waals surface area (Å²) in [6.45, 7) is 9.21. The van der Waals surface area contributed by atoms with Gasteiger partial charge < -0.3 is 15.5 Å². The molecule has 1 atom stereocenters. The number of hydrogen-bond donors (Lipinski definition) is 3. The van der Waals surface area contributed by atoms with Gasteiger partial charge in [-0.2, -0.15) is 26.3 Å². The number of carbonyl (C=O) groups is 3. The van der Waals surface area contributed by atoms with E-state index in [9.17, 15) is 31.1 Å². The van der Waals surface area contributed by atoms with E-state index in [1.807, 2.05) is 29.8 Å². The van der Waals surface area contributed by atoms with Gasteiger partial charge in [0.1, 0.15) is 6.33 Å². The highest BCUT2D eigenvalue weighted by molar-refractivity contribution is 5.98. The van der Waals surface area contributed by atoms with Crippen molar-refractivity contribution in [3.63, 3.8) is 0 Å². The molecule has 4 rings (SSSR count). The molecule has 3 aromatic rings. The first-order valence-corrected chi connectivity index (χ1v) is 13.3. The molecule has 0 aromatic carbocycles. The summed E-state index contributed by atoms with van der Waals surface area (Å²) in [4.78, 5) is 46.1. The predicted molar refractivity (Wildman–Crippen MR) is 144 cm³/mol. The number of amides is 1. The van der Waals surface area contributed by atoms with Crippen molar-refractivity contribution in [2.75, 3.05) is 13.1 Å². The Morgan fingerprint density at radius 3 is 2.00 bits per heavy atom. The number of hydrogen-bond acceptors (Lipinski definition) is 7. The standard InChI is InChI=1S/C23H30N6O.2C2HF3O2/c1-16(2)17(3)27-23(30)21-22-25-10-6-20(29(22)15-26-21)19-7-11-28(12-8-19)14-18-5-4-9-24-13-18;2*3-2(4,5)1(6)7/h4-6,9-10,13,15-17,19H,7-8,11-12,14H2,1-3H3,(H,27,30);2*(H,6,7). The van der Waals surface area contributed by atoms with E-state index in [1.54, 1.807) is 12.5 Å². The fourth-order valence-electron chi connectivity index (χ4n) is 3.99. The molecule has 17 heteroatoms. The highest BCUT2D eigenvalue weighted by Gasteiger charge is 2.39. The van der Waals surface area contributed by atoms with Crippen LogP contribution in [0.2, 0.25) is 0 Å². The minimum absolute atomic E-state index is 0.0848. The van der Waals surface area contributed by atoms with Crippen molar-refractivity contribution < 1.29 is 50.9 Å². The summed E-state index contributed by atoms with van der Waals surface area (Å²) in [6.07, 6.45) is -0.719. The lowest BCUT2D eigenvalue weighted by molar-refractivity contribution is -0.193. The molecule has 3 N–H and O–H groups in total. The number of likely N-dealkylation sites (tertiary alicyclic amines) is 1. The van der Waals surface area contributed by atoms with Gasteiger partial charge in [-0.15, -0.1) is 0 Å². The average molecular weight is 635 g/mol. The van der Waals surface area contributed by atoms with Crippen molar-refractivity contribution in [1.82, 2.24) is 29.6 Å². The Balaban J connectivity index is 0.000000402. The van der Waals surface area contributed by atoms with E-state index in [0.717, 1.165) is 32.5 Å². The van der Waals surface area contributed by atoms with Crippen LogP contribution in [0.3, 0.4) is 0 Å². The molecule has 242 valence electrons. The fraction of sp³-hybridized carbons (Fsp3) is 0.481. The molecule has 4 heterocycles. The second kappa shape index (κ2) is 15.4. The minimum atomic E-state index is -5.08. The van der Waals surface area contributed by atoms with E-state index in [-0.39, 0.29) is 11.9 Å². The van der Waals surface area contributed by atoms with E-state index in [4.69, 9.17) is 19.8 Å². The molecule has 0 radical (unpaired) electrons. The molecule has 1 aliphatic rings. The average Bonchev–Trinajstić information content (AvgIpc) is 3.38. The van der Waals surface area contributed by atoms with Gasteiger partial charge in [0.2, 0.25) is 0 Å². The number of alkyl halides is 6. The van der Waals surface area contributed by atoms with Crippen LogP contribution in [0.15, 0.2) is 43.1 Å². The topological polar surface area (TPSA) is 150 Å². The smallest absolute Gasteiger partial charge is 0.475 e. The Kier molecular flexibility index (Phi) is 12.6. The zero-order chi connectivity index (χ0) is 33.2. The van der Waals surface area contributed by atoms with Crippen molar-refractivity contribution in [3.05, 3.63) is 60.1 Å². The number of halogens is 6. The molecule has 0 spiro atoms. The van der Waals surface area contributed by atoms with Crippen molar-refractivity contribution in [2.45, 2.75) is 64.5 Å². The largest absolute Gasteiger partial charge is 0.490 e. The Morgan fingerprint density at radius 2 is 1.52 bits per heavy atom. The van der Waals surface area contributed by atoms with Crippen LogP contribution in [-0.4, -0.2) is 83.8 Å². The maximum absolute atomic E-state index is 12.7. The van der Waals surface area contributed by atoms with Gasteiger partial charge in [0, 0.05) is 42.8 Å². The first kappa shape index (κ1) is 35.9. The highest BCUT2D eigenvalue weighted by Crippen LogP contribution is 2.29. The molecular weight excluding hydrogens is 602 g/mol. The van der Waals surface area contributed by atoms with Gasteiger partial charge in [-0.1, -0.05) is 19.9 Å². The van der Waals surface area contributed by atoms with Crippen LogP contribution < -0.4 is 5.32 Å². The van der Waals surface area contributed by atoms with Gasteiger partial charge in [-0.05, 0) is 56.5 Å². The summed E-state index contributed by atoms with van der Waals surface area (Å²) in [7, 11) is 0. The van der Waals surface area contributed by atoms with E-state index >= 15 is 0 Å². The summed E-state index contributed by atoms with van der Waals surface area (Å²) in [5.74, 6) is -4.88. The Bertz CT molecular complexity index is 1370. The molecule has 0 aliphatic carbocycles. The van der Waals surface area contributed by atoms with Crippen LogP contribution in [0.4, 0.5) is 26.3 Å². The molecule has 1 amide bonds. The number of carbonyl (C=O) groups excluding carboxylic acids is 1. The molecular formula is C27H32F6N6O5. The number of imidazole rings is 1. The van der Waals surface area contributed by atoms with Gasteiger partial charge in [-0.3, -0.25) is 19.1 Å². The molecule has 1 saturated heterocycles. The second-order valence-corrected chi connectivity index (χ2v) is 10.2. The number of aliphatic carboxylic acids is 2. The van der Waals surface area contributed by atoms with Crippen LogP contribution in [0.25, 0.3) is 5.65 Å². The van der Waals surface area contributed by atoms with E-state index in [1.165, 1.54) is 11.3 Å². The van der Waals surface area contributed by atoms with E-state index < -0.39 is 24.3 Å².